The minimum Gasteiger partial charge on any atom is -0.497 e. The van der Waals surface area contributed by atoms with Crippen molar-refractivity contribution in [2.45, 2.75) is 30.1 Å². The van der Waals surface area contributed by atoms with E-state index in [9.17, 15) is 13.2 Å². The minimum atomic E-state index is -3.71. The van der Waals surface area contributed by atoms with Gasteiger partial charge in [-0.25, -0.2) is 8.42 Å². The molecule has 29 heavy (non-hydrogen) atoms. The third kappa shape index (κ3) is 6.37. The fourth-order valence-electron chi connectivity index (χ4n) is 2.64. The summed E-state index contributed by atoms with van der Waals surface area (Å²) in [5.74, 6) is 1.18. The standard InChI is InChI=1S/C20H25ClN2O4S2/c1-4-23(5-2)29(25,26)19-14-15(6-11-18(19)21)22-20(24)12-13-28-17-9-7-16(27-3)8-10-17/h6-11,14H,4-5,12-13H2,1-3H3,(H,22,24). The zero-order chi connectivity index (χ0) is 21.4. The molecule has 2 rings (SSSR count). The van der Waals surface area contributed by atoms with Gasteiger partial charge in [-0.1, -0.05) is 25.4 Å². The van der Waals surface area contributed by atoms with Crippen molar-refractivity contribution in [1.29, 1.82) is 0 Å². The molecule has 0 unspecified atom stereocenters. The summed E-state index contributed by atoms with van der Waals surface area (Å²) in [5, 5.41) is 2.88. The topological polar surface area (TPSA) is 75.7 Å². The number of ether oxygens (including phenoxy) is 1. The van der Waals surface area contributed by atoms with Gasteiger partial charge in [-0.3, -0.25) is 4.79 Å². The van der Waals surface area contributed by atoms with Gasteiger partial charge in [0.1, 0.15) is 10.6 Å². The lowest BCUT2D eigenvalue weighted by Crippen LogP contribution is -2.30. The Bertz CT molecular complexity index is 930. The highest BCUT2D eigenvalue weighted by Gasteiger charge is 2.24. The first kappa shape index (κ1) is 23.5. The minimum absolute atomic E-state index is 0.00623. The van der Waals surface area contributed by atoms with Crippen molar-refractivity contribution in [2.75, 3.05) is 31.3 Å². The van der Waals surface area contributed by atoms with Gasteiger partial charge in [0.15, 0.2) is 0 Å². The molecule has 0 saturated carbocycles. The van der Waals surface area contributed by atoms with Crippen LogP contribution in [0.4, 0.5) is 5.69 Å². The van der Waals surface area contributed by atoms with Crippen LogP contribution in [0.1, 0.15) is 20.3 Å². The van der Waals surface area contributed by atoms with Crippen molar-refractivity contribution in [3.63, 3.8) is 0 Å². The molecule has 0 aliphatic carbocycles. The number of carbonyl (C=O) groups is 1. The van der Waals surface area contributed by atoms with E-state index < -0.39 is 10.0 Å². The molecule has 0 aliphatic rings. The van der Waals surface area contributed by atoms with Crippen molar-refractivity contribution >= 4 is 45.0 Å². The molecule has 0 radical (unpaired) electrons. The van der Waals surface area contributed by atoms with E-state index in [1.165, 1.54) is 16.4 Å². The van der Waals surface area contributed by atoms with Gasteiger partial charge >= 0.3 is 0 Å². The van der Waals surface area contributed by atoms with Gasteiger partial charge in [-0.2, -0.15) is 4.31 Å². The Morgan fingerprint density at radius 1 is 1.14 bits per heavy atom. The molecule has 158 valence electrons. The second kappa shape index (κ2) is 10.9. The zero-order valence-electron chi connectivity index (χ0n) is 16.6. The van der Waals surface area contributed by atoms with Crippen LogP contribution < -0.4 is 10.1 Å². The Kier molecular flexibility index (Phi) is 8.82. The molecular formula is C20H25ClN2O4S2. The molecule has 6 nitrogen and oxygen atoms in total. The van der Waals surface area contributed by atoms with Crippen molar-refractivity contribution in [3.05, 3.63) is 47.5 Å². The number of hydrogen-bond acceptors (Lipinski definition) is 5. The quantitative estimate of drug-likeness (QED) is 0.532. The van der Waals surface area contributed by atoms with Gasteiger partial charge in [-0.05, 0) is 42.5 Å². The first-order valence-electron chi connectivity index (χ1n) is 9.18. The number of carbonyl (C=O) groups excluding carboxylic acids is 1. The highest BCUT2D eigenvalue weighted by Crippen LogP contribution is 2.28. The highest BCUT2D eigenvalue weighted by molar-refractivity contribution is 7.99. The molecule has 2 aromatic carbocycles. The predicted molar refractivity (Wildman–Crippen MR) is 119 cm³/mol. The van der Waals surface area contributed by atoms with Crippen LogP contribution in [-0.4, -0.2) is 44.6 Å². The average molecular weight is 457 g/mol. The maximum absolute atomic E-state index is 12.7. The third-order valence-electron chi connectivity index (χ3n) is 4.20. The zero-order valence-corrected chi connectivity index (χ0v) is 19.0. The first-order chi connectivity index (χ1) is 13.8. The summed E-state index contributed by atoms with van der Waals surface area (Å²) in [5.41, 5.74) is 0.402. The maximum atomic E-state index is 12.7. The van der Waals surface area contributed by atoms with Gasteiger partial charge in [0.25, 0.3) is 0 Å². The molecule has 0 saturated heterocycles. The maximum Gasteiger partial charge on any atom is 0.244 e. The van der Waals surface area contributed by atoms with Crippen LogP contribution in [0.15, 0.2) is 52.3 Å². The summed E-state index contributed by atoms with van der Waals surface area (Å²) in [4.78, 5) is 13.3. The predicted octanol–water partition coefficient (Wildman–Crippen LogP) is 4.50. The number of benzene rings is 2. The van der Waals surface area contributed by atoms with Gasteiger partial charge in [0, 0.05) is 35.8 Å². The number of amides is 1. The van der Waals surface area contributed by atoms with Crippen LogP contribution in [0.5, 0.6) is 5.75 Å². The Labute approximate surface area is 181 Å². The molecule has 0 atom stereocenters. The van der Waals surface area contributed by atoms with E-state index in [-0.39, 0.29) is 22.2 Å². The van der Waals surface area contributed by atoms with E-state index in [2.05, 4.69) is 5.32 Å². The van der Waals surface area contributed by atoms with Gasteiger partial charge in [0.05, 0.1) is 12.1 Å². The fourth-order valence-corrected chi connectivity index (χ4v) is 5.45. The second-order valence-electron chi connectivity index (χ2n) is 6.06. The highest BCUT2D eigenvalue weighted by atomic mass is 35.5. The fraction of sp³-hybridized carbons (Fsp3) is 0.350. The van der Waals surface area contributed by atoms with Crippen LogP contribution in [0, 0.1) is 0 Å². The number of sulfonamides is 1. The molecule has 9 heteroatoms. The summed E-state index contributed by atoms with van der Waals surface area (Å²) in [6, 6.07) is 12.1. The molecule has 2 aromatic rings. The average Bonchev–Trinajstić information content (AvgIpc) is 2.70. The van der Waals surface area contributed by atoms with Crippen LogP contribution in [0.3, 0.4) is 0 Å². The number of nitrogens with zero attached hydrogens (tertiary/aromatic N) is 1. The van der Waals surface area contributed by atoms with E-state index in [1.54, 1.807) is 38.8 Å². The Morgan fingerprint density at radius 3 is 2.38 bits per heavy atom. The summed E-state index contributed by atoms with van der Waals surface area (Å²) < 4.78 is 31.9. The first-order valence-corrected chi connectivity index (χ1v) is 12.0. The van der Waals surface area contributed by atoms with Crippen LogP contribution in [-0.2, 0) is 14.8 Å². The molecule has 0 fully saturated rings. The molecule has 0 heterocycles. The largest absolute Gasteiger partial charge is 0.497 e. The van der Waals surface area contributed by atoms with Gasteiger partial charge in [0.2, 0.25) is 15.9 Å². The Hall–Kier alpha value is -1.74. The number of rotatable bonds is 10. The summed E-state index contributed by atoms with van der Waals surface area (Å²) in [6.45, 7) is 4.21. The van der Waals surface area contributed by atoms with Crippen LogP contribution in [0.2, 0.25) is 5.02 Å². The van der Waals surface area contributed by atoms with Crippen molar-refractivity contribution in [2.24, 2.45) is 0 Å². The summed E-state index contributed by atoms with van der Waals surface area (Å²) >= 11 is 7.68. The van der Waals surface area contributed by atoms with Crippen molar-refractivity contribution in [1.82, 2.24) is 4.31 Å². The van der Waals surface area contributed by atoms with E-state index in [0.29, 0.717) is 24.5 Å². The van der Waals surface area contributed by atoms with Crippen molar-refractivity contribution < 1.29 is 17.9 Å². The monoisotopic (exact) mass is 456 g/mol. The lowest BCUT2D eigenvalue weighted by atomic mass is 10.3. The summed E-state index contributed by atoms with van der Waals surface area (Å²) in [6.07, 6.45) is 0.289. The second-order valence-corrected chi connectivity index (χ2v) is 9.54. The lowest BCUT2D eigenvalue weighted by molar-refractivity contribution is -0.115. The molecule has 0 spiro atoms. The third-order valence-corrected chi connectivity index (χ3v) is 7.74. The van der Waals surface area contributed by atoms with E-state index >= 15 is 0 Å². The number of nitrogens with one attached hydrogen (secondary N) is 1. The van der Waals surface area contributed by atoms with Crippen LogP contribution >= 0.6 is 23.4 Å². The normalized spacial score (nSPS) is 11.5. The molecule has 1 amide bonds. The van der Waals surface area contributed by atoms with Crippen LogP contribution in [0.25, 0.3) is 0 Å². The molecule has 0 bridgehead atoms. The van der Waals surface area contributed by atoms with Crippen molar-refractivity contribution in [3.8, 4) is 5.75 Å². The SMILES string of the molecule is CCN(CC)S(=O)(=O)c1cc(NC(=O)CCSc2ccc(OC)cc2)ccc1Cl. The van der Waals surface area contributed by atoms with Gasteiger partial charge in [-0.15, -0.1) is 11.8 Å². The molecule has 1 N–H and O–H groups in total. The number of halogens is 1. The number of hydrogen-bond donors (Lipinski definition) is 1. The molecular weight excluding hydrogens is 432 g/mol. The number of methoxy groups -OCH3 is 1. The Morgan fingerprint density at radius 2 is 1.79 bits per heavy atom. The van der Waals surface area contributed by atoms with E-state index in [1.807, 2.05) is 24.3 Å². The smallest absolute Gasteiger partial charge is 0.244 e. The van der Waals surface area contributed by atoms with E-state index in [4.69, 9.17) is 16.3 Å². The summed E-state index contributed by atoms with van der Waals surface area (Å²) in [7, 11) is -2.10. The Balaban J connectivity index is 1.99. The molecule has 0 aliphatic heterocycles. The lowest BCUT2D eigenvalue weighted by Gasteiger charge is -2.19. The van der Waals surface area contributed by atoms with Gasteiger partial charge < -0.3 is 10.1 Å². The number of anilines is 1. The molecule has 0 aromatic heterocycles. The number of thioether (sulfide) groups is 1. The van der Waals surface area contributed by atoms with E-state index in [0.717, 1.165) is 10.6 Å².